The van der Waals surface area contributed by atoms with Gasteiger partial charge in [0, 0.05) is 21.7 Å². The number of carbonyl (C=O) groups excluding carboxylic acids is 2. The van der Waals surface area contributed by atoms with Gasteiger partial charge >= 0.3 is 0 Å². The zero-order valence-corrected chi connectivity index (χ0v) is 16.1. The maximum absolute atomic E-state index is 12.8. The number of ketones is 2. The van der Waals surface area contributed by atoms with E-state index in [1.807, 2.05) is 0 Å². The second-order valence-corrected chi connectivity index (χ2v) is 8.43. The molecule has 9 heteroatoms. The summed E-state index contributed by atoms with van der Waals surface area (Å²) in [5.41, 5.74) is -0.800. The molecule has 1 aliphatic rings. The minimum absolute atomic E-state index is 0.0918. The first-order valence-corrected chi connectivity index (χ1v) is 10.1. The Hall–Kier alpha value is -3.36. The van der Waals surface area contributed by atoms with Gasteiger partial charge in [-0.25, -0.2) is 8.42 Å². The van der Waals surface area contributed by atoms with Crippen molar-refractivity contribution in [3.05, 3.63) is 81.9 Å². The van der Waals surface area contributed by atoms with Gasteiger partial charge in [0.15, 0.2) is 23.1 Å². The van der Waals surface area contributed by atoms with Crippen molar-refractivity contribution >= 4 is 38.9 Å². The molecule has 146 valence electrons. The maximum atomic E-state index is 12.8. The number of sulfonamides is 1. The highest BCUT2D eigenvalue weighted by Crippen LogP contribution is 2.43. The monoisotopic (exact) mass is 429 g/mol. The predicted octanol–water partition coefficient (Wildman–Crippen LogP) is 3.33. The van der Waals surface area contributed by atoms with Crippen molar-refractivity contribution in [2.75, 3.05) is 4.72 Å². The number of rotatable bonds is 3. The molecule has 1 aliphatic carbocycles. The van der Waals surface area contributed by atoms with Crippen molar-refractivity contribution in [1.29, 1.82) is 0 Å². The van der Waals surface area contributed by atoms with Crippen molar-refractivity contribution in [3.8, 4) is 11.5 Å². The van der Waals surface area contributed by atoms with Crippen molar-refractivity contribution < 1.29 is 28.2 Å². The summed E-state index contributed by atoms with van der Waals surface area (Å²) < 4.78 is 27.3. The van der Waals surface area contributed by atoms with Crippen LogP contribution in [0.5, 0.6) is 11.5 Å². The van der Waals surface area contributed by atoms with Crippen LogP contribution in [-0.2, 0) is 10.0 Å². The number of hydrogen-bond acceptors (Lipinski definition) is 6. The van der Waals surface area contributed by atoms with E-state index < -0.39 is 38.8 Å². The fourth-order valence-electron chi connectivity index (χ4n) is 3.12. The number of anilines is 1. The Labute approximate surface area is 170 Å². The van der Waals surface area contributed by atoms with Crippen molar-refractivity contribution in [3.63, 3.8) is 0 Å². The van der Waals surface area contributed by atoms with Crippen LogP contribution in [0, 0.1) is 0 Å². The van der Waals surface area contributed by atoms with E-state index in [0.29, 0.717) is 5.02 Å². The highest BCUT2D eigenvalue weighted by Gasteiger charge is 2.35. The summed E-state index contributed by atoms with van der Waals surface area (Å²) in [5, 5.41) is 21.0. The normalized spacial score (nSPS) is 13.0. The minimum atomic E-state index is -4.16. The van der Waals surface area contributed by atoms with Crippen LogP contribution in [0.4, 0.5) is 5.69 Å². The Morgan fingerprint density at radius 3 is 2.00 bits per heavy atom. The van der Waals surface area contributed by atoms with E-state index in [1.165, 1.54) is 36.4 Å². The number of phenolic OH excluding ortho intramolecular Hbond substituents is 2. The van der Waals surface area contributed by atoms with Crippen LogP contribution < -0.4 is 4.72 Å². The molecular formula is C20H12ClNO6S. The molecule has 0 aliphatic heterocycles. The number of carbonyl (C=O) groups is 2. The van der Waals surface area contributed by atoms with E-state index in [0.717, 1.165) is 6.07 Å². The Morgan fingerprint density at radius 1 is 0.793 bits per heavy atom. The molecule has 0 fully saturated rings. The standard InChI is InChI=1S/C20H12ClNO6S/c21-10-5-7-11(8-6-10)29(27,28)22-15-9-14-16(20(26)19(15)25)18(24)13-4-2-1-3-12(13)17(14)23/h1-9,22,25-26H. The molecule has 0 saturated heterocycles. The average Bonchev–Trinajstić information content (AvgIpc) is 2.70. The Balaban J connectivity index is 1.84. The number of benzene rings is 3. The first-order chi connectivity index (χ1) is 13.7. The average molecular weight is 430 g/mol. The van der Waals surface area contributed by atoms with E-state index >= 15 is 0 Å². The number of nitrogens with one attached hydrogen (secondary N) is 1. The SMILES string of the molecule is O=C1c2ccccc2C(=O)c2c1cc(NS(=O)(=O)c1ccc(Cl)cc1)c(O)c2O. The molecular weight excluding hydrogens is 418 g/mol. The molecule has 4 rings (SSSR count). The number of fused-ring (bicyclic) bond motifs is 2. The number of hydrogen-bond donors (Lipinski definition) is 3. The van der Waals surface area contributed by atoms with Crippen LogP contribution in [-0.4, -0.2) is 30.2 Å². The lowest BCUT2D eigenvalue weighted by molar-refractivity contribution is 0.0976. The minimum Gasteiger partial charge on any atom is -0.504 e. The molecule has 29 heavy (non-hydrogen) atoms. The molecule has 3 aromatic carbocycles. The lowest BCUT2D eigenvalue weighted by atomic mass is 9.83. The zero-order chi connectivity index (χ0) is 20.9. The summed E-state index contributed by atoms with van der Waals surface area (Å²) >= 11 is 5.76. The van der Waals surface area contributed by atoms with Gasteiger partial charge in [0.1, 0.15) is 0 Å². The van der Waals surface area contributed by atoms with Crippen molar-refractivity contribution in [1.82, 2.24) is 0 Å². The third-order valence-electron chi connectivity index (χ3n) is 4.53. The van der Waals surface area contributed by atoms with Gasteiger partial charge in [0.05, 0.1) is 16.1 Å². The van der Waals surface area contributed by atoms with E-state index in [1.54, 1.807) is 12.1 Å². The van der Waals surface area contributed by atoms with E-state index in [2.05, 4.69) is 4.72 Å². The summed E-state index contributed by atoms with van der Waals surface area (Å²) in [6.45, 7) is 0. The maximum Gasteiger partial charge on any atom is 0.262 e. The summed E-state index contributed by atoms with van der Waals surface area (Å²) in [4.78, 5) is 25.4. The van der Waals surface area contributed by atoms with E-state index in [9.17, 15) is 28.2 Å². The third kappa shape index (κ3) is 3.02. The van der Waals surface area contributed by atoms with Crippen LogP contribution in [0.3, 0.4) is 0 Å². The Kier molecular flexibility index (Phi) is 4.33. The summed E-state index contributed by atoms with van der Waals surface area (Å²) in [7, 11) is -4.16. The fraction of sp³-hybridized carbons (Fsp3) is 0. The van der Waals surface area contributed by atoms with Gasteiger partial charge in [-0.15, -0.1) is 0 Å². The van der Waals surface area contributed by atoms with E-state index in [4.69, 9.17) is 11.6 Å². The van der Waals surface area contributed by atoms with Crippen LogP contribution in [0.15, 0.2) is 59.5 Å². The highest BCUT2D eigenvalue weighted by molar-refractivity contribution is 7.92. The molecule has 0 spiro atoms. The largest absolute Gasteiger partial charge is 0.504 e. The van der Waals surface area contributed by atoms with Crippen LogP contribution in [0.25, 0.3) is 0 Å². The van der Waals surface area contributed by atoms with Gasteiger partial charge in [-0.05, 0) is 30.3 Å². The summed E-state index contributed by atoms with van der Waals surface area (Å²) in [5.74, 6) is -2.95. The second-order valence-electron chi connectivity index (χ2n) is 6.31. The molecule has 3 N–H and O–H groups in total. The van der Waals surface area contributed by atoms with Crippen molar-refractivity contribution in [2.45, 2.75) is 4.90 Å². The Bertz CT molecular complexity index is 1300. The number of phenols is 2. The lowest BCUT2D eigenvalue weighted by Crippen LogP contribution is -2.22. The van der Waals surface area contributed by atoms with Crippen LogP contribution >= 0.6 is 11.6 Å². The topological polar surface area (TPSA) is 121 Å². The molecule has 0 atom stereocenters. The molecule has 0 unspecified atom stereocenters. The molecule has 0 amide bonds. The Morgan fingerprint density at radius 2 is 1.38 bits per heavy atom. The quantitative estimate of drug-likeness (QED) is 0.429. The van der Waals surface area contributed by atoms with Crippen molar-refractivity contribution in [2.24, 2.45) is 0 Å². The van der Waals surface area contributed by atoms with Gasteiger partial charge in [-0.1, -0.05) is 35.9 Å². The zero-order valence-electron chi connectivity index (χ0n) is 14.5. The molecule has 0 saturated carbocycles. The first-order valence-electron chi connectivity index (χ1n) is 8.26. The van der Waals surface area contributed by atoms with Gasteiger partial charge in [-0.2, -0.15) is 0 Å². The molecule has 7 nitrogen and oxygen atoms in total. The second kappa shape index (κ2) is 6.61. The number of aromatic hydroxyl groups is 2. The third-order valence-corrected chi connectivity index (χ3v) is 6.16. The summed E-state index contributed by atoms with van der Waals surface area (Å²) in [6, 6.07) is 12.3. The fourth-order valence-corrected chi connectivity index (χ4v) is 4.30. The van der Waals surface area contributed by atoms with E-state index in [-0.39, 0.29) is 27.1 Å². The summed E-state index contributed by atoms with van der Waals surface area (Å²) in [6.07, 6.45) is 0. The highest BCUT2D eigenvalue weighted by atomic mass is 35.5. The predicted molar refractivity (Wildman–Crippen MR) is 105 cm³/mol. The van der Waals surface area contributed by atoms with Gasteiger partial charge in [0.25, 0.3) is 10.0 Å². The molecule has 0 radical (unpaired) electrons. The molecule has 0 heterocycles. The van der Waals surface area contributed by atoms with Gasteiger partial charge in [-0.3, -0.25) is 14.3 Å². The smallest absolute Gasteiger partial charge is 0.262 e. The molecule has 0 aromatic heterocycles. The van der Waals surface area contributed by atoms with Crippen LogP contribution in [0.1, 0.15) is 31.8 Å². The lowest BCUT2D eigenvalue weighted by Gasteiger charge is -2.20. The molecule has 0 bridgehead atoms. The molecule has 3 aromatic rings. The van der Waals surface area contributed by atoms with Gasteiger partial charge in [0.2, 0.25) is 0 Å². The van der Waals surface area contributed by atoms with Crippen LogP contribution in [0.2, 0.25) is 5.02 Å². The van der Waals surface area contributed by atoms with Gasteiger partial charge < -0.3 is 10.2 Å². The number of halogens is 1. The first kappa shape index (κ1) is 19.0.